The van der Waals surface area contributed by atoms with Crippen molar-refractivity contribution < 1.29 is 4.79 Å². The van der Waals surface area contributed by atoms with E-state index in [9.17, 15) is 4.79 Å². The van der Waals surface area contributed by atoms with Crippen LogP contribution in [0.2, 0.25) is 0 Å². The highest BCUT2D eigenvalue weighted by Crippen LogP contribution is 1.97. The van der Waals surface area contributed by atoms with Crippen molar-refractivity contribution in [2.24, 2.45) is 5.92 Å². The molecule has 0 aliphatic carbocycles. The second-order valence-electron chi connectivity index (χ2n) is 2.51. The first-order valence-electron chi connectivity index (χ1n) is 4.45. The molecule has 1 atom stereocenters. The van der Waals surface area contributed by atoms with Crippen molar-refractivity contribution in [3.63, 3.8) is 0 Å². The van der Waals surface area contributed by atoms with E-state index in [2.05, 4.69) is 32.6 Å². The number of aldehydes is 1. The maximum atomic E-state index is 9.17. The molecule has 0 spiro atoms. The van der Waals surface area contributed by atoms with Crippen molar-refractivity contribution in [1.82, 2.24) is 0 Å². The van der Waals surface area contributed by atoms with Gasteiger partial charge in [-0.3, -0.25) is 0 Å². The minimum atomic E-state index is 0.537. The van der Waals surface area contributed by atoms with E-state index in [1.165, 1.54) is 0 Å². The predicted octanol–water partition coefficient (Wildman–Crippen LogP) is 3.37. The van der Waals surface area contributed by atoms with E-state index in [1.807, 2.05) is 13.0 Å². The maximum absolute atomic E-state index is 9.17. The zero-order valence-corrected chi connectivity index (χ0v) is 8.42. The summed E-state index contributed by atoms with van der Waals surface area (Å²) in [5.74, 6) is 0.537. The highest BCUT2D eigenvalue weighted by Gasteiger charge is 1.82. The fourth-order valence-corrected chi connectivity index (χ4v) is 0.429. The summed E-state index contributed by atoms with van der Waals surface area (Å²) in [7, 11) is 0. The largest absolute Gasteiger partial charge is 0.303 e. The molecule has 0 fully saturated rings. The van der Waals surface area contributed by atoms with Crippen LogP contribution in [0.1, 0.15) is 33.6 Å². The summed E-state index contributed by atoms with van der Waals surface area (Å²) in [5.41, 5.74) is 0. The average molecular weight is 168 g/mol. The lowest BCUT2D eigenvalue weighted by atomic mass is 10.1. The van der Waals surface area contributed by atoms with Crippen molar-refractivity contribution in [3.8, 4) is 0 Å². The van der Waals surface area contributed by atoms with Crippen LogP contribution in [0.25, 0.3) is 0 Å². The third-order valence-electron chi connectivity index (χ3n) is 1.21. The Morgan fingerprint density at radius 3 is 2.08 bits per heavy atom. The molecule has 1 heteroatoms. The predicted molar refractivity (Wildman–Crippen MR) is 55.1 cm³/mol. The van der Waals surface area contributed by atoms with E-state index in [1.54, 1.807) is 0 Å². The molecule has 1 nitrogen and oxygen atoms in total. The Hall–Kier alpha value is -0.850. The Morgan fingerprint density at radius 2 is 1.83 bits per heavy atom. The van der Waals surface area contributed by atoms with Gasteiger partial charge in [-0.25, -0.2) is 0 Å². The van der Waals surface area contributed by atoms with Gasteiger partial charge in [-0.1, -0.05) is 39.0 Å². The quantitative estimate of drug-likeness (QED) is 0.464. The van der Waals surface area contributed by atoms with Crippen LogP contribution in [0.3, 0.4) is 0 Å². The molecule has 0 aliphatic heterocycles. The summed E-state index contributed by atoms with van der Waals surface area (Å²) < 4.78 is 0. The molecule has 0 aromatic rings. The summed E-state index contributed by atoms with van der Waals surface area (Å²) in [4.78, 5) is 9.17. The number of allylic oxidation sites excluding steroid dienone is 3. The Morgan fingerprint density at radius 1 is 1.33 bits per heavy atom. The van der Waals surface area contributed by atoms with Crippen LogP contribution in [0.5, 0.6) is 0 Å². The molecule has 0 aromatic heterocycles. The van der Waals surface area contributed by atoms with E-state index >= 15 is 0 Å². The molecule has 0 heterocycles. The van der Waals surface area contributed by atoms with Gasteiger partial charge in [0.15, 0.2) is 0 Å². The third kappa shape index (κ3) is 16.1. The maximum Gasteiger partial charge on any atom is 0.119 e. The van der Waals surface area contributed by atoms with E-state index in [4.69, 9.17) is 0 Å². The summed E-state index contributed by atoms with van der Waals surface area (Å²) in [5, 5.41) is 0. The molecule has 0 rings (SSSR count). The average Bonchev–Trinajstić information content (AvgIpc) is 2.14. The minimum absolute atomic E-state index is 0.537. The first-order chi connectivity index (χ1) is 5.72. The van der Waals surface area contributed by atoms with Crippen LogP contribution in [-0.2, 0) is 4.79 Å². The molecule has 0 bridgehead atoms. The van der Waals surface area contributed by atoms with Gasteiger partial charge in [-0.2, -0.15) is 0 Å². The van der Waals surface area contributed by atoms with Gasteiger partial charge in [0.1, 0.15) is 6.29 Å². The fraction of sp³-hybridized carbons (Fsp3) is 0.545. The molecule has 1 unspecified atom stereocenters. The molecule has 0 saturated carbocycles. The SMILES string of the molecule is C=CC(C)/C=C\CC.CCC=O. The van der Waals surface area contributed by atoms with Gasteiger partial charge in [0.2, 0.25) is 0 Å². The standard InChI is InChI=1S/C8H14.C3H6O/c1-4-6-7-8(3)5-2;1-2-3-4/h5-8H,2,4H2,1,3H3;3H,2H2,1H3/b7-6-;. The van der Waals surface area contributed by atoms with Crippen molar-refractivity contribution in [3.05, 3.63) is 24.8 Å². The summed E-state index contributed by atoms with van der Waals surface area (Å²) in [6.45, 7) is 9.73. The first kappa shape index (κ1) is 13.7. The number of rotatable bonds is 4. The van der Waals surface area contributed by atoms with Crippen LogP contribution >= 0.6 is 0 Å². The summed E-state index contributed by atoms with van der Waals surface area (Å²) in [6, 6.07) is 0. The van der Waals surface area contributed by atoms with Gasteiger partial charge >= 0.3 is 0 Å². The second kappa shape index (κ2) is 12.8. The molecule has 70 valence electrons. The first-order valence-corrected chi connectivity index (χ1v) is 4.45. The molecule has 0 aromatic carbocycles. The molecule has 0 N–H and O–H groups in total. The Kier molecular flexibility index (Phi) is 14.6. The van der Waals surface area contributed by atoms with Crippen molar-refractivity contribution in [2.75, 3.05) is 0 Å². The molecular formula is C11H20O. The van der Waals surface area contributed by atoms with Gasteiger partial charge in [-0.15, -0.1) is 6.58 Å². The Labute approximate surface area is 76.2 Å². The zero-order valence-electron chi connectivity index (χ0n) is 8.42. The van der Waals surface area contributed by atoms with Gasteiger partial charge in [-0.05, 0) is 12.3 Å². The van der Waals surface area contributed by atoms with E-state index in [0.29, 0.717) is 12.3 Å². The molecular weight excluding hydrogens is 148 g/mol. The van der Waals surface area contributed by atoms with Crippen LogP contribution in [0.4, 0.5) is 0 Å². The molecule has 12 heavy (non-hydrogen) atoms. The zero-order chi connectivity index (χ0) is 9.82. The molecule has 0 saturated heterocycles. The number of carbonyl (C=O) groups excluding carboxylic acids is 1. The monoisotopic (exact) mass is 168 g/mol. The summed E-state index contributed by atoms with van der Waals surface area (Å²) in [6.07, 6.45) is 8.89. The molecule has 0 amide bonds. The molecule has 0 aliphatic rings. The molecule has 0 radical (unpaired) electrons. The van der Waals surface area contributed by atoms with Crippen molar-refractivity contribution in [2.45, 2.75) is 33.6 Å². The van der Waals surface area contributed by atoms with E-state index in [-0.39, 0.29) is 0 Å². The van der Waals surface area contributed by atoms with Crippen LogP contribution in [0, 0.1) is 5.92 Å². The van der Waals surface area contributed by atoms with Crippen LogP contribution in [0.15, 0.2) is 24.8 Å². The van der Waals surface area contributed by atoms with E-state index < -0.39 is 0 Å². The van der Waals surface area contributed by atoms with Gasteiger partial charge in [0.25, 0.3) is 0 Å². The normalized spacial score (nSPS) is 11.6. The Bertz CT molecular complexity index is 125. The number of hydrogen-bond donors (Lipinski definition) is 0. The Balaban J connectivity index is 0. The lowest BCUT2D eigenvalue weighted by Crippen LogP contribution is -1.78. The lowest BCUT2D eigenvalue weighted by Gasteiger charge is -1.92. The third-order valence-corrected chi connectivity index (χ3v) is 1.21. The fourth-order valence-electron chi connectivity index (χ4n) is 0.429. The van der Waals surface area contributed by atoms with Gasteiger partial charge < -0.3 is 4.79 Å². The highest BCUT2D eigenvalue weighted by atomic mass is 16.1. The lowest BCUT2D eigenvalue weighted by molar-refractivity contribution is -0.107. The number of hydrogen-bond acceptors (Lipinski definition) is 1. The number of carbonyl (C=O) groups is 1. The van der Waals surface area contributed by atoms with E-state index in [0.717, 1.165) is 12.7 Å². The van der Waals surface area contributed by atoms with Crippen molar-refractivity contribution in [1.29, 1.82) is 0 Å². The minimum Gasteiger partial charge on any atom is -0.303 e. The smallest absolute Gasteiger partial charge is 0.119 e. The topological polar surface area (TPSA) is 17.1 Å². The van der Waals surface area contributed by atoms with Gasteiger partial charge in [0.05, 0.1) is 0 Å². The van der Waals surface area contributed by atoms with Gasteiger partial charge in [0, 0.05) is 6.42 Å². The highest BCUT2D eigenvalue weighted by molar-refractivity contribution is 5.48. The van der Waals surface area contributed by atoms with Crippen molar-refractivity contribution >= 4 is 6.29 Å². The second-order valence-corrected chi connectivity index (χ2v) is 2.51. The summed E-state index contributed by atoms with van der Waals surface area (Å²) >= 11 is 0. The van der Waals surface area contributed by atoms with Crippen LogP contribution < -0.4 is 0 Å². The van der Waals surface area contributed by atoms with Crippen LogP contribution in [-0.4, -0.2) is 6.29 Å².